The molecule has 0 unspecified atom stereocenters. The molecule has 0 radical (unpaired) electrons. The minimum Gasteiger partial charge on any atom is -0.456 e. The Morgan fingerprint density at radius 1 is 0.433 bits per heavy atom. The van der Waals surface area contributed by atoms with E-state index >= 15 is 0 Å². The van der Waals surface area contributed by atoms with Gasteiger partial charge in [-0.05, 0) is 83.6 Å². The molecule has 0 N–H and O–H groups in total. The summed E-state index contributed by atoms with van der Waals surface area (Å²) >= 11 is 0. The number of hydrogen-bond donors (Lipinski definition) is 0. The van der Waals surface area contributed by atoms with Crippen molar-refractivity contribution >= 4 is 43.7 Å². The summed E-state index contributed by atoms with van der Waals surface area (Å²) in [5.41, 5.74) is 13.8. The lowest BCUT2D eigenvalue weighted by atomic mass is 9.99. The number of aromatic nitrogens is 4. The van der Waals surface area contributed by atoms with Gasteiger partial charge in [0.1, 0.15) is 11.2 Å². The molecule has 11 rings (SSSR count). The van der Waals surface area contributed by atoms with Crippen LogP contribution in [0.1, 0.15) is 25.3 Å². The van der Waals surface area contributed by atoms with Gasteiger partial charge in [-0.15, -0.1) is 0 Å². The zero-order valence-electron chi connectivity index (χ0n) is 33.2. The number of rotatable bonds is 9. The molecule has 0 atom stereocenters. The molecule has 0 bridgehead atoms. The second-order valence-electron chi connectivity index (χ2n) is 15.4. The van der Waals surface area contributed by atoms with Crippen LogP contribution in [0.15, 0.2) is 192 Å². The molecule has 0 aliphatic heterocycles. The lowest BCUT2D eigenvalue weighted by molar-refractivity contribution is 0.658. The number of aryl methyl sites for hydroxylation is 1. The fraction of sp³-hybridized carbons (Fsp3) is 0.0727. The molecule has 5 nitrogen and oxygen atoms in total. The van der Waals surface area contributed by atoms with Gasteiger partial charge in [0.15, 0.2) is 17.5 Å². The van der Waals surface area contributed by atoms with Crippen molar-refractivity contribution in [2.75, 3.05) is 0 Å². The number of benzene rings is 8. The van der Waals surface area contributed by atoms with E-state index in [1.807, 2.05) is 60.7 Å². The number of unbranched alkanes of at least 4 members (excludes halogenated alkanes) is 1. The van der Waals surface area contributed by atoms with E-state index in [1.165, 1.54) is 21.7 Å². The van der Waals surface area contributed by atoms with E-state index < -0.39 is 0 Å². The van der Waals surface area contributed by atoms with Gasteiger partial charge in [-0.1, -0.05) is 153 Å². The van der Waals surface area contributed by atoms with Crippen molar-refractivity contribution in [2.24, 2.45) is 0 Å². The van der Waals surface area contributed by atoms with E-state index in [0.717, 1.165) is 91.5 Å². The molecule has 0 saturated carbocycles. The van der Waals surface area contributed by atoms with Gasteiger partial charge in [0.2, 0.25) is 0 Å². The molecular formula is C55H40N4O. The lowest BCUT2D eigenvalue weighted by Crippen LogP contribution is -2.02. The summed E-state index contributed by atoms with van der Waals surface area (Å²) < 4.78 is 9.00. The van der Waals surface area contributed by atoms with Crippen LogP contribution in [0.2, 0.25) is 0 Å². The van der Waals surface area contributed by atoms with E-state index in [4.69, 9.17) is 19.4 Å². The quantitative estimate of drug-likeness (QED) is 0.147. The molecule has 60 heavy (non-hydrogen) atoms. The third-order valence-corrected chi connectivity index (χ3v) is 11.7. The topological polar surface area (TPSA) is 56.7 Å². The first-order valence-corrected chi connectivity index (χ1v) is 20.7. The van der Waals surface area contributed by atoms with Crippen LogP contribution in [0.3, 0.4) is 0 Å². The predicted octanol–water partition coefficient (Wildman–Crippen LogP) is 14.5. The largest absolute Gasteiger partial charge is 0.456 e. The van der Waals surface area contributed by atoms with E-state index in [0.29, 0.717) is 17.5 Å². The van der Waals surface area contributed by atoms with E-state index in [-0.39, 0.29) is 0 Å². The molecule has 8 aromatic carbocycles. The third kappa shape index (κ3) is 6.23. The van der Waals surface area contributed by atoms with Gasteiger partial charge in [-0.2, -0.15) is 0 Å². The Morgan fingerprint density at radius 3 is 1.73 bits per heavy atom. The number of furan rings is 1. The molecule has 0 aliphatic rings. The van der Waals surface area contributed by atoms with E-state index in [1.54, 1.807) is 0 Å². The maximum atomic E-state index is 6.60. The van der Waals surface area contributed by atoms with Gasteiger partial charge in [0, 0.05) is 43.8 Å². The summed E-state index contributed by atoms with van der Waals surface area (Å²) in [6.45, 7) is 2.24. The molecular weight excluding hydrogens is 733 g/mol. The minimum absolute atomic E-state index is 0.622. The first kappa shape index (κ1) is 35.5. The maximum absolute atomic E-state index is 6.60. The van der Waals surface area contributed by atoms with Gasteiger partial charge in [-0.25, -0.2) is 15.0 Å². The number of para-hydroxylation sites is 2. The Labute approximate surface area is 348 Å². The van der Waals surface area contributed by atoms with E-state index in [2.05, 4.69) is 139 Å². The highest BCUT2D eigenvalue weighted by molar-refractivity contribution is 6.12. The molecule has 0 spiro atoms. The SMILES string of the molecule is CCCCc1cccc2c1oc1cc(-c3ccc4c(c3)c3ccccc3n4-c3ccc(-c4nc(-c5ccccc5)nc(-c5ccccc5)n4)cc3-c3ccccc3)ccc12. The zero-order valence-corrected chi connectivity index (χ0v) is 33.2. The number of hydrogen-bond acceptors (Lipinski definition) is 4. The lowest BCUT2D eigenvalue weighted by Gasteiger charge is -2.16. The molecule has 11 aromatic rings. The Kier molecular flexibility index (Phi) is 8.85. The van der Waals surface area contributed by atoms with Crippen molar-refractivity contribution in [2.45, 2.75) is 26.2 Å². The first-order chi connectivity index (χ1) is 29.7. The van der Waals surface area contributed by atoms with Crippen LogP contribution in [0, 0.1) is 0 Å². The normalized spacial score (nSPS) is 11.6. The first-order valence-electron chi connectivity index (χ1n) is 20.7. The van der Waals surface area contributed by atoms with Crippen LogP contribution in [0.5, 0.6) is 0 Å². The fourth-order valence-electron chi connectivity index (χ4n) is 8.67. The molecule has 0 amide bonds. The molecule has 0 aliphatic carbocycles. The summed E-state index contributed by atoms with van der Waals surface area (Å²) in [5.74, 6) is 1.90. The molecule has 3 heterocycles. The summed E-state index contributed by atoms with van der Waals surface area (Å²) in [6, 6.07) is 66.2. The average molecular weight is 773 g/mol. The van der Waals surface area contributed by atoms with Crippen LogP contribution >= 0.6 is 0 Å². The van der Waals surface area contributed by atoms with Crippen molar-refractivity contribution < 1.29 is 4.42 Å². The average Bonchev–Trinajstić information content (AvgIpc) is 3.87. The highest BCUT2D eigenvalue weighted by atomic mass is 16.3. The van der Waals surface area contributed by atoms with Crippen molar-refractivity contribution in [1.29, 1.82) is 0 Å². The van der Waals surface area contributed by atoms with Crippen molar-refractivity contribution in [3.63, 3.8) is 0 Å². The standard InChI is InChI=1S/C55H40N4O/c1-2-3-16-37-23-15-25-45-44-30-27-41(35-51(44)60-52(37)45)40-28-31-50-47(33-40)43-24-13-14-26-48(43)59(50)49-32-29-42(34-46(49)36-17-7-4-8-18-36)55-57-53(38-19-9-5-10-20-38)56-54(58-55)39-21-11-6-12-22-39/h4-15,17-35H,2-3,16H2,1H3. The smallest absolute Gasteiger partial charge is 0.164 e. The zero-order chi connectivity index (χ0) is 40.0. The summed E-state index contributed by atoms with van der Waals surface area (Å²) in [5, 5.41) is 4.73. The van der Waals surface area contributed by atoms with Crippen LogP contribution < -0.4 is 0 Å². The summed E-state index contributed by atoms with van der Waals surface area (Å²) in [4.78, 5) is 15.1. The van der Waals surface area contributed by atoms with Gasteiger partial charge in [0.05, 0.1) is 16.7 Å². The third-order valence-electron chi connectivity index (χ3n) is 11.7. The summed E-state index contributed by atoms with van der Waals surface area (Å²) in [7, 11) is 0. The van der Waals surface area contributed by atoms with Crippen molar-refractivity contribution in [3.8, 4) is 62.1 Å². The highest BCUT2D eigenvalue weighted by Gasteiger charge is 2.20. The van der Waals surface area contributed by atoms with E-state index in [9.17, 15) is 0 Å². The highest BCUT2D eigenvalue weighted by Crippen LogP contribution is 2.41. The molecule has 3 aromatic heterocycles. The molecule has 0 fully saturated rings. The second-order valence-corrected chi connectivity index (χ2v) is 15.4. The van der Waals surface area contributed by atoms with Crippen LogP contribution in [-0.2, 0) is 6.42 Å². The van der Waals surface area contributed by atoms with Crippen LogP contribution in [0.4, 0.5) is 0 Å². The molecule has 0 saturated heterocycles. The van der Waals surface area contributed by atoms with Gasteiger partial charge < -0.3 is 8.98 Å². The van der Waals surface area contributed by atoms with Crippen molar-refractivity contribution in [1.82, 2.24) is 19.5 Å². The van der Waals surface area contributed by atoms with Crippen molar-refractivity contribution in [3.05, 3.63) is 194 Å². The monoisotopic (exact) mass is 772 g/mol. The number of fused-ring (bicyclic) bond motifs is 6. The predicted molar refractivity (Wildman–Crippen MR) is 247 cm³/mol. The molecule has 5 heteroatoms. The number of nitrogens with zero attached hydrogens (tertiary/aromatic N) is 4. The maximum Gasteiger partial charge on any atom is 0.164 e. The van der Waals surface area contributed by atoms with Crippen LogP contribution in [0.25, 0.3) is 106 Å². The van der Waals surface area contributed by atoms with Gasteiger partial charge >= 0.3 is 0 Å². The Hall–Kier alpha value is -7.63. The Morgan fingerprint density at radius 2 is 1.02 bits per heavy atom. The van der Waals surface area contributed by atoms with Crippen LogP contribution in [-0.4, -0.2) is 19.5 Å². The minimum atomic E-state index is 0.622. The Bertz CT molecular complexity index is 3290. The fourth-order valence-corrected chi connectivity index (χ4v) is 8.67. The molecule has 286 valence electrons. The Balaban J connectivity index is 1.07. The van der Waals surface area contributed by atoms with Gasteiger partial charge in [-0.3, -0.25) is 0 Å². The second kappa shape index (κ2) is 14.9. The summed E-state index contributed by atoms with van der Waals surface area (Å²) in [6.07, 6.45) is 3.33. The van der Waals surface area contributed by atoms with Gasteiger partial charge in [0.25, 0.3) is 0 Å².